The Balaban J connectivity index is 2.20. The summed E-state index contributed by atoms with van der Waals surface area (Å²) in [5.74, 6) is -1.23. The van der Waals surface area contributed by atoms with Gasteiger partial charge in [-0.2, -0.15) is 0 Å². The molecule has 0 aromatic heterocycles. The molecule has 3 atom stereocenters. The molecule has 1 heterocycles. The normalized spacial score (nSPS) is 37.1. The van der Waals surface area contributed by atoms with E-state index < -0.39 is 17.9 Å². The summed E-state index contributed by atoms with van der Waals surface area (Å²) < 4.78 is 0. The first-order valence-corrected chi connectivity index (χ1v) is 4.70. The van der Waals surface area contributed by atoms with Gasteiger partial charge in [0.05, 0.1) is 0 Å². The number of carbonyl (C=O) groups is 3. The van der Waals surface area contributed by atoms with Crippen LogP contribution in [0.4, 0.5) is 4.79 Å². The van der Waals surface area contributed by atoms with E-state index in [0.717, 1.165) is 6.42 Å². The highest BCUT2D eigenvalue weighted by Gasteiger charge is 2.48. The second-order valence-electron chi connectivity index (χ2n) is 4.00. The van der Waals surface area contributed by atoms with Crippen LogP contribution >= 0.6 is 0 Å². The standard InChI is InChI=1S/C9H12N2O3/c1-4-3-6(4)11-8(13)5(2)7(12)10-9(11)14/h4-6H,3H2,1-2H3,(H,10,12,14). The Kier molecular flexibility index (Phi) is 1.83. The highest BCUT2D eigenvalue weighted by Crippen LogP contribution is 2.36. The Hall–Kier alpha value is -1.39. The molecule has 76 valence electrons. The molecular weight excluding hydrogens is 184 g/mol. The second kappa shape index (κ2) is 2.80. The minimum Gasteiger partial charge on any atom is -0.277 e. The van der Waals surface area contributed by atoms with E-state index >= 15 is 0 Å². The van der Waals surface area contributed by atoms with Crippen LogP contribution in [0.5, 0.6) is 0 Å². The Labute approximate surface area is 81.4 Å². The highest BCUT2D eigenvalue weighted by atomic mass is 16.2. The molecule has 0 spiro atoms. The topological polar surface area (TPSA) is 66.5 Å². The van der Waals surface area contributed by atoms with Crippen molar-refractivity contribution >= 4 is 17.8 Å². The molecule has 5 heteroatoms. The summed E-state index contributed by atoms with van der Waals surface area (Å²) >= 11 is 0. The van der Waals surface area contributed by atoms with Crippen LogP contribution in [0, 0.1) is 11.8 Å². The van der Waals surface area contributed by atoms with Gasteiger partial charge in [0.1, 0.15) is 5.92 Å². The zero-order valence-electron chi connectivity index (χ0n) is 8.11. The molecule has 0 aromatic rings. The summed E-state index contributed by atoms with van der Waals surface area (Å²) in [6.07, 6.45) is 0.847. The summed E-state index contributed by atoms with van der Waals surface area (Å²) in [4.78, 5) is 35.3. The molecule has 2 rings (SSSR count). The maximum absolute atomic E-state index is 11.6. The molecule has 0 aromatic carbocycles. The third-order valence-corrected chi connectivity index (χ3v) is 2.85. The van der Waals surface area contributed by atoms with Crippen LogP contribution in [0.15, 0.2) is 0 Å². The lowest BCUT2D eigenvalue weighted by Gasteiger charge is -2.28. The number of amides is 4. The molecule has 0 radical (unpaired) electrons. The first-order chi connectivity index (χ1) is 6.52. The molecule has 1 saturated heterocycles. The van der Waals surface area contributed by atoms with Gasteiger partial charge in [0.2, 0.25) is 11.8 Å². The predicted molar refractivity (Wildman–Crippen MR) is 47.1 cm³/mol. The van der Waals surface area contributed by atoms with E-state index in [9.17, 15) is 14.4 Å². The summed E-state index contributed by atoms with van der Waals surface area (Å²) in [5.41, 5.74) is 0. The van der Waals surface area contributed by atoms with E-state index in [1.807, 2.05) is 6.92 Å². The highest BCUT2D eigenvalue weighted by molar-refractivity contribution is 6.16. The average molecular weight is 196 g/mol. The maximum Gasteiger partial charge on any atom is 0.331 e. The van der Waals surface area contributed by atoms with Crippen molar-refractivity contribution in [2.24, 2.45) is 11.8 Å². The van der Waals surface area contributed by atoms with Crippen molar-refractivity contribution in [3.8, 4) is 0 Å². The third-order valence-electron chi connectivity index (χ3n) is 2.85. The molecule has 4 amide bonds. The van der Waals surface area contributed by atoms with Gasteiger partial charge < -0.3 is 0 Å². The lowest BCUT2D eigenvalue weighted by Crippen LogP contribution is -2.58. The molecule has 1 N–H and O–H groups in total. The number of imide groups is 2. The predicted octanol–water partition coefficient (Wildman–Crippen LogP) is 0.109. The minimum atomic E-state index is -0.736. The van der Waals surface area contributed by atoms with Crippen molar-refractivity contribution in [2.45, 2.75) is 26.3 Å². The average Bonchev–Trinajstić information content (AvgIpc) is 2.79. The van der Waals surface area contributed by atoms with Gasteiger partial charge in [-0.15, -0.1) is 0 Å². The fraction of sp³-hybridized carbons (Fsp3) is 0.667. The van der Waals surface area contributed by atoms with Gasteiger partial charge in [-0.3, -0.25) is 19.8 Å². The van der Waals surface area contributed by atoms with Crippen molar-refractivity contribution in [1.82, 2.24) is 10.2 Å². The fourth-order valence-corrected chi connectivity index (χ4v) is 1.67. The van der Waals surface area contributed by atoms with Gasteiger partial charge in [0, 0.05) is 6.04 Å². The Morgan fingerprint density at radius 3 is 2.36 bits per heavy atom. The van der Waals surface area contributed by atoms with Crippen LogP contribution in [0.25, 0.3) is 0 Å². The van der Waals surface area contributed by atoms with Crippen LogP contribution in [-0.2, 0) is 9.59 Å². The van der Waals surface area contributed by atoms with Crippen LogP contribution < -0.4 is 5.32 Å². The van der Waals surface area contributed by atoms with E-state index in [0.29, 0.717) is 5.92 Å². The second-order valence-corrected chi connectivity index (χ2v) is 4.00. The van der Waals surface area contributed by atoms with Gasteiger partial charge in [0.15, 0.2) is 0 Å². The van der Waals surface area contributed by atoms with E-state index in [-0.39, 0.29) is 11.9 Å². The molecular formula is C9H12N2O3. The quantitative estimate of drug-likeness (QED) is 0.605. The van der Waals surface area contributed by atoms with Crippen LogP contribution in [-0.4, -0.2) is 28.8 Å². The number of hydrogen-bond donors (Lipinski definition) is 1. The van der Waals surface area contributed by atoms with Crippen molar-refractivity contribution in [1.29, 1.82) is 0 Å². The molecule has 1 aliphatic carbocycles. The summed E-state index contributed by atoms with van der Waals surface area (Å²) in [6, 6.07) is -0.564. The first-order valence-electron chi connectivity index (χ1n) is 4.70. The van der Waals surface area contributed by atoms with Crippen molar-refractivity contribution in [3.63, 3.8) is 0 Å². The van der Waals surface area contributed by atoms with E-state index in [1.54, 1.807) is 0 Å². The largest absolute Gasteiger partial charge is 0.331 e. The zero-order chi connectivity index (χ0) is 10.5. The molecule has 3 unspecified atom stereocenters. The van der Waals surface area contributed by atoms with E-state index in [4.69, 9.17) is 0 Å². The number of hydrogen-bond acceptors (Lipinski definition) is 3. The number of urea groups is 1. The fourth-order valence-electron chi connectivity index (χ4n) is 1.67. The van der Waals surface area contributed by atoms with Crippen LogP contribution in [0.2, 0.25) is 0 Å². The molecule has 14 heavy (non-hydrogen) atoms. The SMILES string of the molecule is CC1C(=O)NC(=O)N(C2CC2C)C1=O. The molecule has 2 fully saturated rings. The monoisotopic (exact) mass is 196 g/mol. The summed E-state index contributed by atoms with van der Waals surface area (Å²) in [6.45, 7) is 3.50. The summed E-state index contributed by atoms with van der Waals surface area (Å²) in [7, 11) is 0. The van der Waals surface area contributed by atoms with Gasteiger partial charge >= 0.3 is 6.03 Å². The van der Waals surface area contributed by atoms with Gasteiger partial charge in [-0.1, -0.05) is 6.92 Å². The smallest absolute Gasteiger partial charge is 0.277 e. The Bertz CT molecular complexity index is 326. The Morgan fingerprint density at radius 2 is 1.86 bits per heavy atom. The number of carbonyl (C=O) groups excluding carboxylic acids is 3. The molecule has 1 saturated carbocycles. The van der Waals surface area contributed by atoms with E-state index in [1.165, 1.54) is 11.8 Å². The number of nitrogens with one attached hydrogen (secondary N) is 1. The lowest BCUT2D eigenvalue weighted by molar-refractivity contribution is -0.142. The number of nitrogens with zero attached hydrogens (tertiary/aromatic N) is 1. The molecule has 0 bridgehead atoms. The summed E-state index contributed by atoms with van der Waals surface area (Å²) in [5, 5.41) is 2.18. The lowest BCUT2D eigenvalue weighted by atomic mass is 10.1. The van der Waals surface area contributed by atoms with Crippen molar-refractivity contribution in [2.75, 3.05) is 0 Å². The van der Waals surface area contributed by atoms with Gasteiger partial charge in [-0.25, -0.2) is 4.79 Å². The third kappa shape index (κ3) is 1.20. The van der Waals surface area contributed by atoms with Crippen LogP contribution in [0.1, 0.15) is 20.3 Å². The number of barbiturate groups is 1. The Morgan fingerprint density at radius 1 is 1.29 bits per heavy atom. The minimum absolute atomic E-state index is 0.00181. The number of rotatable bonds is 1. The van der Waals surface area contributed by atoms with Gasteiger partial charge in [0.25, 0.3) is 0 Å². The van der Waals surface area contributed by atoms with Gasteiger partial charge in [-0.05, 0) is 19.3 Å². The first kappa shape index (κ1) is 9.18. The molecule has 2 aliphatic rings. The zero-order valence-corrected chi connectivity index (χ0v) is 8.11. The molecule has 5 nitrogen and oxygen atoms in total. The van der Waals surface area contributed by atoms with E-state index in [2.05, 4.69) is 5.32 Å². The molecule has 1 aliphatic heterocycles. The van der Waals surface area contributed by atoms with Crippen molar-refractivity contribution < 1.29 is 14.4 Å². The maximum atomic E-state index is 11.6. The van der Waals surface area contributed by atoms with Crippen molar-refractivity contribution in [3.05, 3.63) is 0 Å². The van der Waals surface area contributed by atoms with Crippen LogP contribution in [0.3, 0.4) is 0 Å².